The zero-order chi connectivity index (χ0) is 8.97. The summed E-state index contributed by atoms with van der Waals surface area (Å²) in [5, 5.41) is 0.942. The van der Waals surface area contributed by atoms with Crippen molar-refractivity contribution < 1.29 is 0 Å². The molecule has 0 saturated carbocycles. The Morgan fingerprint density at radius 2 is 2.42 bits per heavy atom. The highest BCUT2D eigenvalue weighted by Gasteiger charge is 2.15. The summed E-state index contributed by atoms with van der Waals surface area (Å²) in [4.78, 5) is 2.51. The Morgan fingerprint density at radius 1 is 1.67 bits per heavy atom. The van der Waals surface area contributed by atoms with Gasteiger partial charge in [-0.3, -0.25) is 4.90 Å². The van der Waals surface area contributed by atoms with Crippen LogP contribution in [-0.4, -0.2) is 29.9 Å². The standard InChI is InChI=1S/C10H18BrN/c1-9-4-3-5-12(7-9)8-10(2)6-11/h9H,2-8H2,1H3. The number of hydrogen-bond donors (Lipinski definition) is 0. The number of hydrogen-bond acceptors (Lipinski definition) is 1. The van der Waals surface area contributed by atoms with Crippen molar-refractivity contribution in [2.24, 2.45) is 5.92 Å². The van der Waals surface area contributed by atoms with Crippen molar-refractivity contribution in [1.29, 1.82) is 0 Å². The van der Waals surface area contributed by atoms with E-state index in [1.54, 1.807) is 0 Å². The van der Waals surface area contributed by atoms with Gasteiger partial charge in [0.25, 0.3) is 0 Å². The third kappa shape index (κ3) is 3.28. The highest BCUT2D eigenvalue weighted by Crippen LogP contribution is 2.16. The summed E-state index contributed by atoms with van der Waals surface area (Å²) in [7, 11) is 0. The van der Waals surface area contributed by atoms with Gasteiger partial charge < -0.3 is 0 Å². The second-order valence-electron chi connectivity index (χ2n) is 3.87. The first-order valence-corrected chi connectivity index (χ1v) is 5.79. The molecule has 1 atom stereocenters. The zero-order valence-corrected chi connectivity index (χ0v) is 9.44. The van der Waals surface area contributed by atoms with Crippen LogP contribution >= 0.6 is 15.9 Å². The number of halogens is 1. The van der Waals surface area contributed by atoms with Gasteiger partial charge in [0.15, 0.2) is 0 Å². The minimum Gasteiger partial charge on any atom is -0.299 e. The van der Waals surface area contributed by atoms with Crippen molar-refractivity contribution in [3.05, 3.63) is 12.2 Å². The smallest absolute Gasteiger partial charge is 0.0251 e. The molecule has 0 aromatic carbocycles. The van der Waals surface area contributed by atoms with E-state index in [1.807, 2.05) is 0 Å². The molecule has 1 nitrogen and oxygen atoms in total. The number of likely N-dealkylation sites (tertiary alicyclic amines) is 1. The van der Waals surface area contributed by atoms with Crippen LogP contribution in [-0.2, 0) is 0 Å². The fourth-order valence-electron chi connectivity index (χ4n) is 1.79. The molecule has 1 aliphatic heterocycles. The van der Waals surface area contributed by atoms with Gasteiger partial charge in [-0.15, -0.1) is 0 Å². The van der Waals surface area contributed by atoms with Crippen molar-refractivity contribution in [3.63, 3.8) is 0 Å². The van der Waals surface area contributed by atoms with Gasteiger partial charge in [-0.05, 0) is 25.3 Å². The minimum absolute atomic E-state index is 0.877. The zero-order valence-electron chi connectivity index (χ0n) is 7.85. The van der Waals surface area contributed by atoms with Crippen LogP contribution in [0.5, 0.6) is 0 Å². The Kier molecular flexibility index (Phi) is 4.30. The molecule has 1 aliphatic rings. The van der Waals surface area contributed by atoms with E-state index in [0.29, 0.717) is 0 Å². The summed E-state index contributed by atoms with van der Waals surface area (Å²) in [5.74, 6) is 0.877. The van der Waals surface area contributed by atoms with E-state index >= 15 is 0 Å². The Morgan fingerprint density at radius 3 is 3.00 bits per heavy atom. The van der Waals surface area contributed by atoms with Gasteiger partial charge in [-0.1, -0.05) is 35.0 Å². The van der Waals surface area contributed by atoms with Crippen LogP contribution in [0.2, 0.25) is 0 Å². The second kappa shape index (κ2) is 5.03. The van der Waals surface area contributed by atoms with Crippen LogP contribution < -0.4 is 0 Å². The lowest BCUT2D eigenvalue weighted by atomic mass is 10.00. The van der Waals surface area contributed by atoms with Crippen LogP contribution in [0, 0.1) is 5.92 Å². The molecule has 0 aliphatic carbocycles. The van der Waals surface area contributed by atoms with Gasteiger partial charge >= 0.3 is 0 Å². The van der Waals surface area contributed by atoms with E-state index in [9.17, 15) is 0 Å². The van der Waals surface area contributed by atoms with E-state index < -0.39 is 0 Å². The van der Waals surface area contributed by atoms with E-state index in [4.69, 9.17) is 0 Å². The average molecular weight is 232 g/mol. The lowest BCUT2D eigenvalue weighted by Crippen LogP contribution is -2.35. The monoisotopic (exact) mass is 231 g/mol. The van der Waals surface area contributed by atoms with Crippen LogP contribution in [0.3, 0.4) is 0 Å². The van der Waals surface area contributed by atoms with Crippen molar-refractivity contribution >= 4 is 15.9 Å². The van der Waals surface area contributed by atoms with E-state index in [0.717, 1.165) is 17.8 Å². The summed E-state index contributed by atoms with van der Waals surface area (Å²) < 4.78 is 0. The molecule has 1 saturated heterocycles. The molecule has 0 aromatic heterocycles. The molecule has 0 radical (unpaired) electrons. The van der Waals surface area contributed by atoms with E-state index in [2.05, 4.69) is 34.3 Å². The maximum atomic E-state index is 4.00. The van der Waals surface area contributed by atoms with Crippen molar-refractivity contribution in [1.82, 2.24) is 4.90 Å². The predicted octanol–water partition coefficient (Wildman–Crippen LogP) is 2.67. The third-order valence-electron chi connectivity index (χ3n) is 2.38. The first-order chi connectivity index (χ1) is 5.72. The molecule has 1 rings (SSSR count). The normalized spacial score (nSPS) is 25.7. The molecule has 0 spiro atoms. The van der Waals surface area contributed by atoms with Crippen LogP contribution in [0.25, 0.3) is 0 Å². The van der Waals surface area contributed by atoms with Crippen molar-refractivity contribution in [3.8, 4) is 0 Å². The highest BCUT2D eigenvalue weighted by atomic mass is 79.9. The fourth-order valence-corrected chi connectivity index (χ4v) is 1.97. The maximum absolute atomic E-state index is 4.00. The molecule has 0 amide bonds. The van der Waals surface area contributed by atoms with E-state index in [1.165, 1.54) is 31.5 Å². The number of piperidine rings is 1. The predicted molar refractivity (Wildman–Crippen MR) is 57.8 cm³/mol. The fraction of sp³-hybridized carbons (Fsp3) is 0.800. The van der Waals surface area contributed by atoms with Crippen molar-refractivity contribution in [2.75, 3.05) is 25.0 Å². The summed E-state index contributed by atoms with van der Waals surface area (Å²) in [5.41, 5.74) is 1.30. The highest BCUT2D eigenvalue weighted by molar-refractivity contribution is 9.09. The van der Waals surface area contributed by atoms with Gasteiger partial charge in [0.05, 0.1) is 0 Å². The molecule has 0 bridgehead atoms. The Bertz CT molecular complexity index is 156. The topological polar surface area (TPSA) is 3.24 Å². The number of rotatable bonds is 3. The van der Waals surface area contributed by atoms with Gasteiger partial charge in [-0.2, -0.15) is 0 Å². The molecule has 1 fully saturated rings. The SMILES string of the molecule is C=C(CBr)CN1CCCC(C)C1. The largest absolute Gasteiger partial charge is 0.299 e. The van der Waals surface area contributed by atoms with Crippen LogP contribution in [0.15, 0.2) is 12.2 Å². The number of nitrogens with zero attached hydrogens (tertiary/aromatic N) is 1. The average Bonchev–Trinajstić information content (AvgIpc) is 2.04. The Hall–Kier alpha value is 0.180. The first kappa shape index (κ1) is 10.3. The molecule has 12 heavy (non-hydrogen) atoms. The lowest BCUT2D eigenvalue weighted by molar-refractivity contribution is 0.198. The Balaban J connectivity index is 2.27. The Labute approximate surface area is 84.0 Å². The summed E-state index contributed by atoms with van der Waals surface area (Å²) in [6, 6.07) is 0. The molecule has 1 heterocycles. The summed E-state index contributed by atoms with van der Waals surface area (Å²) >= 11 is 3.43. The first-order valence-electron chi connectivity index (χ1n) is 4.67. The van der Waals surface area contributed by atoms with E-state index in [-0.39, 0.29) is 0 Å². The quantitative estimate of drug-likeness (QED) is 0.534. The van der Waals surface area contributed by atoms with Gasteiger partial charge in [-0.25, -0.2) is 0 Å². The maximum Gasteiger partial charge on any atom is 0.0251 e. The molecule has 0 N–H and O–H groups in total. The number of alkyl halides is 1. The van der Waals surface area contributed by atoms with Crippen molar-refractivity contribution in [2.45, 2.75) is 19.8 Å². The lowest BCUT2D eigenvalue weighted by Gasteiger charge is -2.31. The van der Waals surface area contributed by atoms with Gasteiger partial charge in [0.1, 0.15) is 0 Å². The molecule has 70 valence electrons. The van der Waals surface area contributed by atoms with Crippen LogP contribution in [0.1, 0.15) is 19.8 Å². The molecule has 0 aromatic rings. The van der Waals surface area contributed by atoms with Gasteiger partial charge in [0.2, 0.25) is 0 Å². The summed E-state index contributed by atoms with van der Waals surface area (Å²) in [6.07, 6.45) is 2.76. The third-order valence-corrected chi connectivity index (χ3v) is 3.17. The second-order valence-corrected chi connectivity index (χ2v) is 4.43. The molecule has 1 unspecified atom stereocenters. The molecule has 2 heteroatoms. The summed E-state index contributed by atoms with van der Waals surface area (Å²) in [6.45, 7) is 9.94. The molecular formula is C10H18BrN. The minimum atomic E-state index is 0.877. The van der Waals surface area contributed by atoms with Gasteiger partial charge in [0, 0.05) is 18.4 Å². The van der Waals surface area contributed by atoms with Crippen LogP contribution in [0.4, 0.5) is 0 Å². The molecular weight excluding hydrogens is 214 g/mol.